The number of nitrogens with one attached hydrogen (secondary N) is 1. The molecule has 9 heteroatoms. The van der Waals surface area contributed by atoms with Crippen molar-refractivity contribution < 1.29 is 9.32 Å². The molecule has 0 saturated carbocycles. The number of rotatable bonds is 3. The molecule has 2 aliphatic heterocycles. The maximum absolute atomic E-state index is 12.4. The summed E-state index contributed by atoms with van der Waals surface area (Å²) in [4.78, 5) is 26.7. The van der Waals surface area contributed by atoms with Gasteiger partial charge in [-0.3, -0.25) is 9.59 Å². The third kappa shape index (κ3) is 3.86. The first kappa shape index (κ1) is 19.2. The number of thioether (sulfide) groups is 1. The smallest absolute Gasteiger partial charge is 0.250 e. The first-order valence-electron chi connectivity index (χ1n) is 9.30. The van der Waals surface area contributed by atoms with Crippen molar-refractivity contribution in [3.63, 3.8) is 0 Å². The van der Waals surface area contributed by atoms with Gasteiger partial charge in [0.25, 0.3) is 5.56 Å². The summed E-state index contributed by atoms with van der Waals surface area (Å²) in [6.45, 7) is 5.94. The van der Waals surface area contributed by atoms with Gasteiger partial charge in [-0.1, -0.05) is 35.2 Å². The monoisotopic (exact) mass is 418 g/mol. The fraction of sp³-hybridized carbons (Fsp3) is 0.474. The second-order valence-corrected chi connectivity index (χ2v) is 9.42. The van der Waals surface area contributed by atoms with Gasteiger partial charge in [-0.2, -0.15) is 0 Å². The fourth-order valence-electron chi connectivity index (χ4n) is 3.98. The summed E-state index contributed by atoms with van der Waals surface area (Å²) in [5.74, 6) is 1.59. The number of nitrogens with zero attached hydrogens (tertiary/aromatic N) is 3. The molecule has 3 atom stereocenters. The maximum atomic E-state index is 12.4. The van der Waals surface area contributed by atoms with Gasteiger partial charge in [-0.05, 0) is 32.3 Å². The average Bonchev–Trinajstić information content (AvgIpc) is 3.07. The number of piperidine rings is 1. The van der Waals surface area contributed by atoms with E-state index in [0.717, 1.165) is 36.1 Å². The summed E-state index contributed by atoms with van der Waals surface area (Å²) in [6, 6.07) is 7.18. The van der Waals surface area contributed by atoms with Crippen LogP contribution >= 0.6 is 24.0 Å². The number of anilines is 1. The Labute approximate surface area is 172 Å². The van der Waals surface area contributed by atoms with Crippen LogP contribution in [0.15, 0.2) is 33.6 Å². The minimum absolute atomic E-state index is 0.0750. The molecule has 148 valence electrons. The molecule has 2 bridgehead atoms. The van der Waals surface area contributed by atoms with Crippen LogP contribution in [0.5, 0.6) is 0 Å². The van der Waals surface area contributed by atoms with Crippen LogP contribution in [0, 0.1) is 12.8 Å². The summed E-state index contributed by atoms with van der Waals surface area (Å²) in [7, 11) is 0. The lowest BCUT2D eigenvalue weighted by Gasteiger charge is -2.43. The Morgan fingerprint density at radius 3 is 2.96 bits per heavy atom. The number of thiocarbonyl (C=S) groups is 1. The second kappa shape index (κ2) is 7.71. The van der Waals surface area contributed by atoms with Gasteiger partial charge in [-0.25, -0.2) is 0 Å². The van der Waals surface area contributed by atoms with Crippen molar-refractivity contribution in [1.82, 2.24) is 14.6 Å². The Morgan fingerprint density at radius 2 is 2.21 bits per heavy atom. The Hall–Kier alpha value is -2.13. The van der Waals surface area contributed by atoms with Crippen LogP contribution < -0.4 is 10.9 Å². The molecule has 0 aromatic carbocycles. The topological polar surface area (TPSA) is 80.4 Å². The number of hydrogen-bond donors (Lipinski definition) is 1. The van der Waals surface area contributed by atoms with Gasteiger partial charge in [0.05, 0.1) is 5.25 Å². The first-order valence-corrected chi connectivity index (χ1v) is 10.6. The SMILES string of the molecule is Cc1cc(NC(=O)[C@H](C)SC(=S)N2C[C@@H]3C[C@@H](C2)c2cccc(=O)n2C3)no1. The number of hydrogen-bond acceptors (Lipinski definition) is 6. The van der Waals surface area contributed by atoms with Gasteiger partial charge in [0, 0.05) is 43.4 Å². The van der Waals surface area contributed by atoms with Gasteiger partial charge >= 0.3 is 0 Å². The molecule has 1 fully saturated rings. The van der Waals surface area contributed by atoms with E-state index in [2.05, 4.69) is 15.4 Å². The molecule has 2 aliphatic rings. The van der Waals surface area contributed by atoms with Crippen molar-refractivity contribution in [2.75, 3.05) is 18.4 Å². The van der Waals surface area contributed by atoms with E-state index in [4.69, 9.17) is 16.7 Å². The average molecular weight is 419 g/mol. The van der Waals surface area contributed by atoms with E-state index in [0.29, 0.717) is 23.4 Å². The third-order valence-electron chi connectivity index (χ3n) is 5.26. The number of likely N-dealkylation sites (tertiary alicyclic amines) is 1. The van der Waals surface area contributed by atoms with Crippen LogP contribution in [0.25, 0.3) is 0 Å². The number of pyridine rings is 1. The predicted octanol–water partition coefficient (Wildman–Crippen LogP) is 2.61. The molecular formula is C19H22N4O3S2. The van der Waals surface area contributed by atoms with Crippen molar-refractivity contribution in [2.24, 2.45) is 5.92 Å². The zero-order valence-electron chi connectivity index (χ0n) is 15.8. The predicted molar refractivity (Wildman–Crippen MR) is 113 cm³/mol. The van der Waals surface area contributed by atoms with Crippen molar-refractivity contribution in [3.8, 4) is 0 Å². The van der Waals surface area contributed by atoms with E-state index in [-0.39, 0.29) is 16.7 Å². The third-order valence-corrected chi connectivity index (χ3v) is 6.84. The highest BCUT2D eigenvalue weighted by molar-refractivity contribution is 8.23. The number of carbonyl (C=O) groups excluding carboxylic acids is 1. The van der Waals surface area contributed by atoms with E-state index >= 15 is 0 Å². The summed E-state index contributed by atoms with van der Waals surface area (Å²) >= 11 is 7.03. The molecule has 0 spiro atoms. The summed E-state index contributed by atoms with van der Waals surface area (Å²) in [6.07, 6.45) is 1.08. The Morgan fingerprint density at radius 1 is 1.39 bits per heavy atom. The molecular weight excluding hydrogens is 396 g/mol. The molecule has 0 unspecified atom stereocenters. The summed E-state index contributed by atoms with van der Waals surface area (Å²) < 4.78 is 7.60. The highest BCUT2D eigenvalue weighted by atomic mass is 32.2. The van der Waals surface area contributed by atoms with Crippen LogP contribution in [0.4, 0.5) is 5.82 Å². The molecule has 0 aliphatic carbocycles. The molecule has 4 heterocycles. The normalized spacial score (nSPS) is 21.7. The van der Waals surface area contributed by atoms with Crippen LogP contribution in [-0.4, -0.2) is 43.2 Å². The molecule has 2 aromatic heterocycles. The minimum atomic E-state index is -0.346. The number of aryl methyl sites for hydroxylation is 1. The molecule has 28 heavy (non-hydrogen) atoms. The van der Waals surface area contributed by atoms with Crippen molar-refractivity contribution in [3.05, 3.63) is 46.1 Å². The van der Waals surface area contributed by atoms with Gasteiger partial charge in [0.1, 0.15) is 10.1 Å². The lowest BCUT2D eigenvalue weighted by Crippen LogP contribution is -2.48. The molecule has 7 nitrogen and oxygen atoms in total. The second-order valence-electron chi connectivity index (χ2n) is 7.44. The molecule has 1 N–H and O–H groups in total. The minimum Gasteiger partial charge on any atom is -0.360 e. The lowest BCUT2D eigenvalue weighted by atomic mass is 9.83. The largest absolute Gasteiger partial charge is 0.360 e. The van der Waals surface area contributed by atoms with Crippen LogP contribution in [0.2, 0.25) is 0 Å². The number of carbonyl (C=O) groups is 1. The maximum Gasteiger partial charge on any atom is 0.250 e. The van der Waals surface area contributed by atoms with Gasteiger partial charge in [0.2, 0.25) is 5.91 Å². The van der Waals surface area contributed by atoms with Crippen LogP contribution in [0.1, 0.15) is 30.7 Å². The zero-order valence-corrected chi connectivity index (χ0v) is 17.4. The highest BCUT2D eigenvalue weighted by Crippen LogP contribution is 2.36. The molecule has 0 radical (unpaired) electrons. The van der Waals surface area contributed by atoms with Crippen LogP contribution in [-0.2, 0) is 11.3 Å². The van der Waals surface area contributed by atoms with E-state index < -0.39 is 0 Å². The number of fused-ring (bicyclic) bond motifs is 4. The van der Waals surface area contributed by atoms with Crippen molar-refractivity contribution >= 4 is 40.0 Å². The Kier molecular flexibility index (Phi) is 5.29. The first-order chi connectivity index (χ1) is 13.4. The fourth-order valence-corrected chi connectivity index (χ4v) is 5.33. The van der Waals surface area contributed by atoms with Gasteiger partial charge < -0.3 is 19.3 Å². The van der Waals surface area contributed by atoms with Crippen molar-refractivity contribution in [2.45, 2.75) is 38.0 Å². The quantitative estimate of drug-likeness (QED) is 0.768. The summed E-state index contributed by atoms with van der Waals surface area (Å²) in [5, 5.41) is 6.19. The summed E-state index contributed by atoms with van der Waals surface area (Å²) in [5.41, 5.74) is 1.17. The zero-order chi connectivity index (χ0) is 19.8. The van der Waals surface area contributed by atoms with E-state index in [1.165, 1.54) is 11.8 Å². The molecule has 1 amide bonds. The number of amides is 1. The van der Waals surface area contributed by atoms with E-state index in [9.17, 15) is 9.59 Å². The van der Waals surface area contributed by atoms with Gasteiger partial charge in [0.15, 0.2) is 5.82 Å². The lowest BCUT2D eigenvalue weighted by molar-refractivity contribution is -0.115. The number of aromatic nitrogens is 2. The van der Waals surface area contributed by atoms with Crippen LogP contribution in [0.3, 0.4) is 0 Å². The molecule has 1 saturated heterocycles. The molecule has 4 rings (SSSR count). The van der Waals surface area contributed by atoms with Crippen molar-refractivity contribution in [1.29, 1.82) is 0 Å². The van der Waals surface area contributed by atoms with E-state index in [1.807, 2.05) is 23.6 Å². The Balaban J connectivity index is 1.39. The Bertz CT molecular complexity index is 970. The standard InChI is InChI=1S/C19H22N4O3S2/c1-11-6-16(21-26-11)20-18(25)12(2)28-19(27)22-8-13-7-14(10-22)15-4-3-5-17(24)23(15)9-13/h3-6,12-14H,7-10H2,1-2H3,(H,20,21,25)/t12-,13-,14-/m0/s1. The van der Waals surface area contributed by atoms with Gasteiger partial charge in [-0.15, -0.1) is 0 Å². The highest BCUT2D eigenvalue weighted by Gasteiger charge is 2.35. The van der Waals surface area contributed by atoms with E-state index in [1.54, 1.807) is 19.1 Å². The molecule has 2 aromatic rings.